The molecule has 0 aliphatic rings. The van der Waals surface area contributed by atoms with Gasteiger partial charge in [0.2, 0.25) is 0 Å². The van der Waals surface area contributed by atoms with E-state index in [2.05, 4.69) is 46.1 Å². The van der Waals surface area contributed by atoms with Gasteiger partial charge in [0.25, 0.3) is 0 Å². The summed E-state index contributed by atoms with van der Waals surface area (Å²) < 4.78 is 11.3. The predicted octanol–water partition coefficient (Wildman–Crippen LogP) is 4.17. The second kappa shape index (κ2) is 8.37. The third-order valence-corrected chi connectivity index (χ3v) is 4.54. The Kier molecular flexibility index (Phi) is 6.43. The maximum absolute atomic E-state index is 12.6. The second-order valence-electron chi connectivity index (χ2n) is 7.56. The van der Waals surface area contributed by atoms with Gasteiger partial charge in [0.05, 0.1) is 41.3 Å². The Morgan fingerprint density at radius 1 is 0.923 bits per heavy atom. The van der Waals surface area contributed by atoms with Crippen LogP contribution < -0.4 is 9.47 Å². The van der Waals surface area contributed by atoms with E-state index >= 15 is 0 Å². The number of nitrogens with zero attached hydrogens (tertiary/aromatic N) is 1. The topological polar surface area (TPSA) is 35.5 Å². The molecule has 0 bridgehead atoms. The molecule has 0 amide bonds. The van der Waals surface area contributed by atoms with Crippen LogP contribution in [-0.4, -0.2) is 45.1 Å². The van der Waals surface area contributed by atoms with Crippen LogP contribution in [0.3, 0.4) is 0 Å². The van der Waals surface area contributed by atoms with E-state index in [1.165, 1.54) is 16.7 Å². The number of hydrogen-bond donors (Lipinski definition) is 0. The number of hydrogen-bond acceptors (Lipinski definition) is 3. The van der Waals surface area contributed by atoms with Gasteiger partial charge in [-0.2, -0.15) is 0 Å². The Morgan fingerprint density at radius 3 is 2.12 bits per heavy atom. The van der Waals surface area contributed by atoms with E-state index in [-0.39, 0.29) is 5.78 Å². The lowest BCUT2D eigenvalue weighted by Gasteiger charge is -2.30. The number of Topliss-reactive ketones (excluding diaryl/α,β-unsaturated/α-hetero) is 1. The predicted molar refractivity (Wildman–Crippen MR) is 105 cm³/mol. The zero-order valence-electron chi connectivity index (χ0n) is 16.8. The summed E-state index contributed by atoms with van der Waals surface area (Å²) in [5.41, 5.74) is 4.53. The molecule has 0 saturated heterocycles. The number of ether oxygens (including phenoxy) is 2. The van der Waals surface area contributed by atoms with Crippen molar-refractivity contribution >= 4 is 5.78 Å². The maximum atomic E-state index is 12.6. The van der Waals surface area contributed by atoms with Gasteiger partial charge in [0, 0.05) is 11.1 Å². The third kappa shape index (κ3) is 5.33. The van der Waals surface area contributed by atoms with Crippen LogP contribution in [0.5, 0.6) is 11.5 Å². The zero-order valence-corrected chi connectivity index (χ0v) is 16.8. The molecular formula is C22H30NO3+. The van der Waals surface area contributed by atoms with E-state index in [0.717, 1.165) is 17.6 Å². The Morgan fingerprint density at radius 2 is 1.54 bits per heavy atom. The number of carbonyl (C=O) groups excluding carboxylic acids is 1. The highest BCUT2D eigenvalue weighted by atomic mass is 16.5. The quantitative estimate of drug-likeness (QED) is 0.526. The molecule has 0 atom stereocenters. The van der Waals surface area contributed by atoms with E-state index in [1.807, 2.05) is 0 Å². The highest BCUT2D eigenvalue weighted by Gasteiger charge is 2.19. The van der Waals surface area contributed by atoms with Crippen molar-refractivity contribution in [2.45, 2.75) is 26.8 Å². The molecule has 2 aromatic rings. The lowest BCUT2D eigenvalue weighted by molar-refractivity contribution is -0.903. The molecule has 2 rings (SSSR count). The highest BCUT2D eigenvalue weighted by Crippen LogP contribution is 2.28. The van der Waals surface area contributed by atoms with Crippen molar-refractivity contribution in [1.82, 2.24) is 0 Å². The monoisotopic (exact) mass is 356 g/mol. The molecule has 140 valence electrons. The van der Waals surface area contributed by atoms with Gasteiger partial charge in [0.15, 0.2) is 17.3 Å². The molecular weight excluding hydrogens is 326 g/mol. The SMILES string of the molecule is COc1ccc(C(=O)CC[N+](C)(C)Cc2cc(C)cc(C)c2)cc1OC. The fourth-order valence-corrected chi connectivity index (χ4v) is 3.29. The minimum absolute atomic E-state index is 0.123. The first-order chi connectivity index (χ1) is 12.2. The molecule has 0 fully saturated rings. The summed E-state index contributed by atoms with van der Waals surface area (Å²) in [5, 5.41) is 0. The smallest absolute Gasteiger partial charge is 0.168 e. The highest BCUT2D eigenvalue weighted by molar-refractivity contribution is 5.96. The molecule has 0 saturated carbocycles. The van der Waals surface area contributed by atoms with Crippen molar-refractivity contribution in [1.29, 1.82) is 0 Å². The summed E-state index contributed by atoms with van der Waals surface area (Å²) in [7, 11) is 7.50. The Balaban J connectivity index is 2.03. The summed E-state index contributed by atoms with van der Waals surface area (Å²) in [6, 6.07) is 12.0. The van der Waals surface area contributed by atoms with Crippen molar-refractivity contribution in [3.63, 3.8) is 0 Å². The normalized spacial score (nSPS) is 11.3. The van der Waals surface area contributed by atoms with Crippen molar-refractivity contribution < 1.29 is 18.8 Å². The average Bonchev–Trinajstić information content (AvgIpc) is 2.57. The summed E-state index contributed by atoms with van der Waals surface area (Å²) in [4.78, 5) is 12.6. The van der Waals surface area contributed by atoms with Crippen LogP contribution in [0.25, 0.3) is 0 Å². The fraction of sp³-hybridized carbons (Fsp3) is 0.409. The van der Waals surface area contributed by atoms with Gasteiger partial charge in [0.1, 0.15) is 6.54 Å². The summed E-state index contributed by atoms with van der Waals surface area (Å²) in [5.74, 6) is 1.34. The Labute approximate surface area is 156 Å². The number of quaternary nitrogens is 1. The molecule has 4 nitrogen and oxygen atoms in total. The van der Waals surface area contributed by atoms with E-state index in [4.69, 9.17) is 9.47 Å². The van der Waals surface area contributed by atoms with Crippen LogP contribution in [0.15, 0.2) is 36.4 Å². The van der Waals surface area contributed by atoms with Crippen LogP contribution in [0.1, 0.15) is 33.5 Å². The van der Waals surface area contributed by atoms with Crippen molar-refractivity contribution in [3.8, 4) is 11.5 Å². The molecule has 0 radical (unpaired) electrons. The van der Waals surface area contributed by atoms with Gasteiger partial charge in [-0.25, -0.2) is 0 Å². The number of methoxy groups -OCH3 is 2. The van der Waals surface area contributed by atoms with Gasteiger partial charge in [-0.1, -0.05) is 29.3 Å². The Bertz CT molecular complexity index is 761. The molecule has 0 N–H and O–H groups in total. The van der Waals surface area contributed by atoms with Gasteiger partial charge in [-0.15, -0.1) is 0 Å². The maximum Gasteiger partial charge on any atom is 0.168 e. The van der Waals surface area contributed by atoms with Gasteiger partial charge < -0.3 is 14.0 Å². The summed E-state index contributed by atoms with van der Waals surface area (Å²) in [6.45, 7) is 5.93. The van der Waals surface area contributed by atoms with Gasteiger partial charge in [-0.3, -0.25) is 4.79 Å². The van der Waals surface area contributed by atoms with E-state index in [1.54, 1.807) is 32.4 Å². The molecule has 0 unspecified atom stereocenters. The molecule has 2 aromatic carbocycles. The van der Waals surface area contributed by atoms with E-state index < -0.39 is 0 Å². The summed E-state index contributed by atoms with van der Waals surface area (Å²) in [6.07, 6.45) is 0.493. The van der Waals surface area contributed by atoms with Crippen LogP contribution in [0.2, 0.25) is 0 Å². The van der Waals surface area contributed by atoms with Crippen molar-refractivity contribution in [2.24, 2.45) is 0 Å². The first kappa shape index (κ1) is 20.0. The molecule has 4 heteroatoms. The first-order valence-electron chi connectivity index (χ1n) is 8.88. The second-order valence-corrected chi connectivity index (χ2v) is 7.56. The van der Waals surface area contributed by atoms with Crippen LogP contribution in [0, 0.1) is 13.8 Å². The zero-order chi connectivity index (χ0) is 19.3. The molecule has 0 heterocycles. The van der Waals surface area contributed by atoms with E-state index in [0.29, 0.717) is 23.5 Å². The van der Waals surface area contributed by atoms with Crippen molar-refractivity contribution in [3.05, 3.63) is 58.7 Å². The largest absolute Gasteiger partial charge is 0.493 e. The van der Waals surface area contributed by atoms with Crippen LogP contribution in [0.4, 0.5) is 0 Å². The molecule has 0 aliphatic heterocycles. The molecule has 0 aliphatic carbocycles. The Hall–Kier alpha value is -2.33. The summed E-state index contributed by atoms with van der Waals surface area (Å²) >= 11 is 0. The third-order valence-electron chi connectivity index (χ3n) is 4.54. The minimum Gasteiger partial charge on any atom is -0.493 e. The number of aryl methyl sites for hydroxylation is 2. The lowest BCUT2D eigenvalue weighted by atomic mass is 10.0. The number of ketones is 1. The molecule has 0 spiro atoms. The lowest BCUT2D eigenvalue weighted by Crippen LogP contribution is -2.40. The van der Waals surface area contributed by atoms with Gasteiger partial charge >= 0.3 is 0 Å². The standard InChI is InChI=1S/C22H30NO3/c1-16-11-17(2)13-18(12-16)15-23(3,4)10-9-20(24)19-7-8-21(25-5)22(14-19)26-6/h7-8,11-14H,9-10,15H2,1-6H3/q+1. The first-order valence-corrected chi connectivity index (χ1v) is 8.88. The number of carbonyl (C=O) groups is 1. The van der Waals surface area contributed by atoms with Crippen LogP contribution in [-0.2, 0) is 6.54 Å². The van der Waals surface area contributed by atoms with Crippen molar-refractivity contribution in [2.75, 3.05) is 34.9 Å². The molecule has 26 heavy (non-hydrogen) atoms. The fourth-order valence-electron chi connectivity index (χ4n) is 3.29. The number of rotatable bonds is 8. The van der Waals surface area contributed by atoms with E-state index in [9.17, 15) is 4.79 Å². The minimum atomic E-state index is 0.123. The van der Waals surface area contributed by atoms with Gasteiger partial charge in [-0.05, 0) is 32.0 Å². The average molecular weight is 356 g/mol. The molecule has 0 aromatic heterocycles. The number of benzene rings is 2. The van der Waals surface area contributed by atoms with Crippen LogP contribution >= 0.6 is 0 Å².